The van der Waals surface area contributed by atoms with Gasteiger partial charge in [0.25, 0.3) is 5.91 Å². The SMILES string of the molecule is O=C(NCc1nccnc1-c1ccco1)c1ccncc1F. The number of aromatic nitrogens is 3. The molecule has 3 aromatic rings. The number of carbonyl (C=O) groups is 1. The number of halogens is 1. The number of nitrogens with one attached hydrogen (secondary N) is 1. The lowest BCUT2D eigenvalue weighted by Crippen LogP contribution is -2.24. The summed E-state index contributed by atoms with van der Waals surface area (Å²) in [6.07, 6.45) is 6.92. The molecule has 0 saturated heterocycles. The molecule has 0 aliphatic carbocycles. The fourth-order valence-corrected chi connectivity index (χ4v) is 1.93. The Bertz CT molecular complexity index is 790. The van der Waals surface area contributed by atoms with Crippen LogP contribution in [0.3, 0.4) is 0 Å². The van der Waals surface area contributed by atoms with Crippen LogP contribution in [0.5, 0.6) is 0 Å². The fraction of sp³-hybridized carbons (Fsp3) is 0.0667. The summed E-state index contributed by atoms with van der Waals surface area (Å²) < 4.78 is 18.8. The first-order valence-corrected chi connectivity index (χ1v) is 6.47. The maximum absolute atomic E-state index is 13.5. The van der Waals surface area contributed by atoms with Crippen molar-refractivity contribution in [3.63, 3.8) is 0 Å². The summed E-state index contributed by atoms with van der Waals surface area (Å²) in [5.74, 6) is -0.672. The molecule has 1 amide bonds. The molecule has 0 unspecified atom stereocenters. The second-order valence-corrected chi connectivity index (χ2v) is 4.37. The first-order valence-electron chi connectivity index (χ1n) is 6.47. The number of carbonyl (C=O) groups excluding carboxylic acids is 1. The summed E-state index contributed by atoms with van der Waals surface area (Å²) in [4.78, 5) is 24.0. The van der Waals surface area contributed by atoms with Crippen LogP contribution in [0.1, 0.15) is 16.1 Å². The van der Waals surface area contributed by atoms with Crippen LogP contribution in [-0.4, -0.2) is 20.9 Å². The standard InChI is InChI=1S/C15H11FN4O2/c16-11-8-17-4-3-10(11)15(21)20-9-12-14(19-6-5-18-12)13-2-1-7-22-13/h1-8H,9H2,(H,20,21). The van der Waals surface area contributed by atoms with E-state index in [0.29, 0.717) is 17.1 Å². The maximum atomic E-state index is 13.5. The molecular weight excluding hydrogens is 287 g/mol. The molecule has 1 N–H and O–H groups in total. The van der Waals surface area contributed by atoms with E-state index in [-0.39, 0.29) is 12.1 Å². The third kappa shape index (κ3) is 2.83. The van der Waals surface area contributed by atoms with E-state index < -0.39 is 11.7 Å². The smallest absolute Gasteiger partial charge is 0.254 e. The highest BCUT2D eigenvalue weighted by Gasteiger charge is 2.14. The largest absolute Gasteiger partial charge is 0.463 e. The highest BCUT2D eigenvalue weighted by Crippen LogP contribution is 2.19. The fourth-order valence-electron chi connectivity index (χ4n) is 1.93. The van der Waals surface area contributed by atoms with Gasteiger partial charge in [-0.1, -0.05) is 0 Å². The third-order valence-electron chi connectivity index (χ3n) is 2.96. The molecular formula is C15H11FN4O2. The highest BCUT2D eigenvalue weighted by molar-refractivity contribution is 5.94. The molecule has 3 aromatic heterocycles. The summed E-state index contributed by atoms with van der Waals surface area (Å²) in [6.45, 7) is 0.102. The minimum absolute atomic E-state index is 0.0709. The van der Waals surface area contributed by atoms with Crippen LogP contribution in [0.4, 0.5) is 4.39 Å². The Morgan fingerprint density at radius 2 is 2.09 bits per heavy atom. The highest BCUT2D eigenvalue weighted by atomic mass is 19.1. The van der Waals surface area contributed by atoms with E-state index in [0.717, 1.165) is 6.20 Å². The van der Waals surface area contributed by atoms with E-state index in [9.17, 15) is 9.18 Å². The number of rotatable bonds is 4. The van der Waals surface area contributed by atoms with Gasteiger partial charge in [-0.2, -0.15) is 0 Å². The van der Waals surface area contributed by atoms with Crippen LogP contribution in [0.25, 0.3) is 11.5 Å². The second-order valence-electron chi connectivity index (χ2n) is 4.37. The molecule has 110 valence electrons. The quantitative estimate of drug-likeness (QED) is 0.798. The minimum atomic E-state index is -0.676. The Balaban J connectivity index is 1.78. The summed E-state index contributed by atoms with van der Waals surface area (Å²) >= 11 is 0. The summed E-state index contributed by atoms with van der Waals surface area (Å²) in [6, 6.07) is 4.80. The van der Waals surface area contributed by atoms with Gasteiger partial charge in [-0.05, 0) is 18.2 Å². The van der Waals surface area contributed by atoms with E-state index in [2.05, 4.69) is 20.3 Å². The monoisotopic (exact) mass is 298 g/mol. The van der Waals surface area contributed by atoms with Gasteiger partial charge in [-0.15, -0.1) is 0 Å². The van der Waals surface area contributed by atoms with Crippen molar-refractivity contribution >= 4 is 5.91 Å². The number of nitrogens with zero attached hydrogens (tertiary/aromatic N) is 3. The van der Waals surface area contributed by atoms with Crippen molar-refractivity contribution in [3.05, 3.63) is 66.3 Å². The number of pyridine rings is 1. The Morgan fingerprint density at radius 1 is 1.23 bits per heavy atom. The molecule has 0 fully saturated rings. The number of hydrogen-bond acceptors (Lipinski definition) is 5. The molecule has 0 radical (unpaired) electrons. The number of hydrogen-bond donors (Lipinski definition) is 1. The zero-order chi connectivity index (χ0) is 15.4. The van der Waals surface area contributed by atoms with Crippen LogP contribution < -0.4 is 5.32 Å². The molecule has 0 aromatic carbocycles. The lowest BCUT2D eigenvalue weighted by atomic mass is 10.2. The average Bonchev–Trinajstić information content (AvgIpc) is 3.07. The molecule has 3 rings (SSSR count). The average molecular weight is 298 g/mol. The third-order valence-corrected chi connectivity index (χ3v) is 2.96. The molecule has 0 aliphatic heterocycles. The number of furan rings is 1. The lowest BCUT2D eigenvalue weighted by Gasteiger charge is -2.07. The van der Waals surface area contributed by atoms with Crippen LogP contribution in [-0.2, 0) is 6.54 Å². The summed E-state index contributed by atoms with van der Waals surface area (Å²) in [5, 5.41) is 2.61. The molecule has 0 saturated carbocycles. The van der Waals surface area contributed by atoms with Crippen molar-refractivity contribution in [2.75, 3.05) is 0 Å². The van der Waals surface area contributed by atoms with Gasteiger partial charge in [0.2, 0.25) is 0 Å². The van der Waals surface area contributed by atoms with Gasteiger partial charge in [0, 0.05) is 18.6 Å². The van der Waals surface area contributed by atoms with E-state index in [1.807, 2.05) is 0 Å². The van der Waals surface area contributed by atoms with E-state index in [1.54, 1.807) is 12.1 Å². The predicted molar refractivity (Wildman–Crippen MR) is 75.1 cm³/mol. The van der Waals surface area contributed by atoms with Gasteiger partial charge in [0.1, 0.15) is 5.69 Å². The lowest BCUT2D eigenvalue weighted by molar-refractivity contribution is 0.0946. The van der Waals surface area contributed by atoms with Crippen LogP contribution in [0.2, 0.25) is 0 Å². The molecule has 0 bridgehead atoms. The van der Waals surface area contributed by atoms with Crippen molar-refractivity contribution in [1.29, 1.82) is 0 Å². The minimum Gasteiger partial charge on any atom is -0.463 e. The van der Waals surface area contributed by atoms with Gasteiger partial charge in [0.15, 0.2) is 11.6 Å². The Hall–Kier alpha value is -3.09. The normalized spacial score (nSPS) is 10.4. The zero-order valence-electron chi connectivity index (χ0n) is 11.4. The van der Waals surface area contributed by atoms with Crippen molar-refractivity contribution in [3.8, 4) is 11.5 Å². The van der Waals surface area contributed by atoms with Gasteiger partial charge >= 0.3 is 0 Å². The van der Waals surface area contributed by atoms with Crippen LogP contribution >= 0.6 is 0 Å². The molecule has 6 nitrogen and oxygen atoms in total. The van der Waals surface area contributed by atoms with E-state index in [4.69, 9.17) is 4.42 Å². The van der Waals surface area contributed by atoms with Crippen molar-refractivity contribution in [2.24, 2.45) is 0 Å². The molecule has 7 heteroatoms. The molecule has 0 aliphatic rings. The van der Waals surface area contributed by atoms with Gasteiger partial charge < -0.3 is 9.73 Å². The topological polar surface area (TPSA) is 80.9 Å². The number of amides is 1. The van der Waals surface area contributed by atoms with Crippen molar-refractivity contribution < 1.29 is 13.6 Å². The van der Waals surface area contributed by atoms with Gasteiger partial charge in [-0.25, -0.2) is 9.37 Å². The maximum Gasteiger partial charge on any atom is 0.254 e. The van der Waals surface area contributed by atoms with Crippen molar-refractivity contribution in [1.82, 2.24) is 20.3 Å². The molecule has 3 heterocycles. The van der Waals surface area contributed by atoms with Gasteiger partial charge in [0.05, 0.1) is 30.3 Å². The first-order chi connectivity index (χ1) is 10.8. The van der Waals surface area contributed by atoms with E-state index >= 15 is 0 Å². The second kappa shape index (κ2) is 6.13. The van der Waals surface area contributed by atoms with Crippen LogP contribution in [0.15, 0.2) is 53.7 Å². The zero-order valence-corrected chi connectivity index (χ0v) is 11.4. The van der Waals surface area contributed by atoms with Crippen molar-refractivity contribution in [2.45, 2.75) is 6.54 Å². The van der Waals surface area contributed by atoms with Crippen LogP contribution in [0, 0.1) is 5.82 Å². The Morgan fingerprint density at radius 3 is 2.86 bits per heavy atom. The molecule has 22 heavy (non-hydrogen) atoms. The molecule has 0 atom stereocenters. The Kier molecular flexibility index (Phi) is 3.86. The first kappa shape index (κ1) is 13.9. The summed E-state index contributed by atoms with van der Waals surface area (Å²) in [5.41, 5.74) is 0.988. The molecule has 0 spiro atoms. The summed E-state index contributed by atoms with van der Waals surface area (Å²) in [7, 11) is 0. The van der Waals surface area contributed by atoms with Gasteiger partial charge in [-0.3, -0.25) is 14.8 Å². The predicted octanol–water partition coefficient (Wildman–Crippen LogP) is 2.20. The Labute approximate surface area is 125 Å². The van der Waals surface area contributed by atoms with E-state index in [1.165, 1.54) is 30.9 Å².